The van der Waals surface area contributed by atoms with Gasteiger partial charge in [-0.05, 0) is 80.8 Å². The van der Waals surface area contributed by atoms with Gasteiger partial charge >= 0.3 is 5.97 Å². The van der Waals surface area contributed by atoms with Crippen LogP contribution >= 0.6 is 11.3 Å². The number of amides is 1. The van der Waals surface area contributed by atoms with Crippen LogP contribution in [0.25, 0.3) is 11.3 Å². The number of hydrogen-bond acceptors (Lipinski definition) is 7. The molecule has 1 amide bonds. The van der Waals surface area contributed by atoms with Crippen molar-refractivity contribution in [3.05, 3.63) is 64.0 Å². The first-order valence-corrected chi connectivity index (χ1v) is 15.2. The van der Waals surface area contributed by atoms with Crippen molar-refractivity contribution >= 4 is 28.3 Å². The fraction of sp³-hybridized carbons (Fsp3) is 0.469. The Labute approximate surface area is 245 Å². The van der Waals surface area contributed by atoms with Crippen LogP contribution in [-0.4, -0.2) is 66.8 Å². The molecule has 8 nitrogen and oxygen atoms in total. The molecular formula is C32H39N3O5S. The summed E-state index contributed by atoms with van der Waals surface area (Å²) in [6.07, 6.45) is 1.96. The van der Waals surface area contributed by atoms with E-state index >= 15 is 0 Å². The van der Waals surface area contributed by atoms with Crippen LogP contribution in [0.1, 0.15) is 46.8 Å². The van der Waals surface area contributed by atoms with Gasteiger partial charge in [-0.15, -0.1) is 11.3 Å². The van der Waals surface area contributed by atoms with E-state index in [1.54, 1.807) is 23.3 Å². The molecule has 2 heterocycles. The number of piperidine rings is 1. The molecule has 1 saturated carbocycles. The van der Waals surface area contributed by atoms with Gasteiger partial charge in [0, 0.05) is 49.8 Å². The molecule has 2 aliphatic rings. The third-order valence-corrected chi connectivity index (χ3v) is 9.29. The van der Waals surface area contributed by atoms with Crippen molar-refractivity contribution in [2.45, 2.75) is 40.2 Å². The lowest BCUT2D eigenvalue weighted by Crippen LogP contribution is -2.44. The summed E-state index contributed by atoms with van der Waals surface area (Å²) in [6, 6.07) is 11.9. The number of aryl methyl sites for hydroxylation is 2. The molecule has 41 heavy (non-hydrogen) atoms. The minimum atomic E-state index is -0.653. The number of likely N-dealkylation sites (N-methyl/N-ethyl adjacent to an activating group) is 1. The lowest BCUT2D eigenvalue weighted by Gasteiger charge is -2.35. The first kappa shape index (κ1) is 29.1. The van der Waals surface area contributed by atoms with Crippen molar-refractivity contribution in [2.75, 3.05) is 44.8 Å². The molecule has 3 aromatic rings. The van der Waals surface area contributed by atoms with E-state index in [-0.39, 0.29) is 23.7 Å². The molecule has 1 aromatic heterocycles. The lowest BCUT2D eigenvalue weighted by atomic mass is 9.85. The van der Waals surface area contributed by atoms with Gasteiger partial charge in [0.15, 0.2) is 5.13 Å². The summed E-state index contributed by atoms with van der Waals surface area (Å²) in [5, 5.41) is 12.7. The number of thiazole rings is 1. The van der Waals surface area contributed by atoms with E-state index in [0.29, 0.717) is 31.9 Å². The average Bonchev–Trinajstić information content (AvgIpc) is 3.55. The summed E-state index contributed by atoms with van der Waals surface area (Å²) in [4.78, 5) is 33.5. The summed E-state index contributed by atoms with van der Waals surface area (Å²) in [7, 11) is 1.79. The monoisotopic (exact) mass is 577 g/mol. The Bertz CT molecular complexity index is 1390. The second-order valence-electron chi connectivity index (χ2n) is 11.2. The number of anilines is 1. The van der Waals surface area contributed by atoms with Crippen LogP contribution in [0.2, 0.25) is 0 Å². The number of nitrogens with zero attached hydrogens (tertiary/aromatic N) is 3. The summed E-state index contributed by atoms with van der Waals surface area (Å²) >= 11 is 1.60. The quantitative estimate of drug-likeness (QED) is 0.294. The maximum atomic E-state index is 12.8. The number of carbonyl (C=O) groups is 2. The highest BCUT2D eigenvalue weighted by Gasteiger charge is 2.46. The third-order valence-electron chi connectivity index (χ3n) is 8.39. The standard InChI is InChI=1S/C32H39N3O5S/c1-5-39-13-12-34(4)30(36)22-7-10-25(21(3)15-22)18-40-28-11-6-20(2)14-26(28)27-19-41-32(33-27)35-16-23-8-9-24(17-35)29(23)31(37)38/h6-7,10-11,14-15,19,23-24,29H,5,8-9,12-13,16-18H2,1-4H3,(H,37,38). The highest BCUT2D eigenvalue weighted by Crippen LogP contribution is 2.44. The van der Waals surface area contributed by atoms with Crippen LogP contribution in [0.15, 0.2) is 41.8 Å². The smallest absolute Gasteiger partial charge is 0.307 e. The van der Waals surface area contributed by atoms with Gasteiger partial charge in [0.2, 0.25) is 0 Å². The molecule has 2 atom stereocenters. The van der Waals surface area contributed by atoms with Crippen LogP contribution < -0.4 is 9.64 Å². The third kappa shape index (κ3) is 6.41. The maximum Gasteiger partial charge on any atom is 0.307 e. The van der Waals surface area contributed by atoms with Gasteiger partial charge in [0.05, 0.1) is 18.2 Å². The SMILES string of the molecule is CCOCCN(C)C(=O)c1ccc(COc2ccc(C)cc2-c2csc(N3CC4CCC(C3)C4C(=O)O)n2)c(C)c1. The molecule has 2 bridgehead atoms. The maximum absolute atomic E-state index is 12.8. The van der Waals surface area contributed by atoms with E-state index in [1.807, 2.05) is 44.2 Å². The minimum absolute atomic E-state index is 0.0272. The van der Waals surface area contributed by atoms with E-state index in [0.717, 1.165) is 64.8 Å². The summed E-state index contributed by atoms with van der Waals surface area (Å²) in [6.45, 7) is 9.57. The molecule has 218 valence electrons. The molecule has 2 fully saturated rings. The number of carboxylic acids is 1. The van der Waals surface area contributed by atoms with Crippen molar-refractivity contribution in [1.29, 1.82) is 0 Å². The van der Waals surface area contributed by atoms with Crippen molar-refractivity contribution in [3.63, 3.8) is 0 Å². The van der Waals surface area contributed by atoms with E-state index in [4.69, 9.17) is 14.5 Å². The number of carbonyl (C=O) groups excluding carboxylic acids is 1. The number of aromatic nitrogens is 1. The molecule has 0 spiro atoms. The summed E-state index contributed by atoms with van der Waals surface area (Å²) in [5.41, 5.74) is 5.59. The van der Waals surface area contributed by atoms with Crippen LogP contribution in [0.5, 0.6) is 5.75 Å². The van der Waals surface area contributed by atoms with Crippen LogP contribution in [0.3, 0.4) is 0 Å². The van der Waals surface area contributed by atoms with Gasteiger partial charge in [-0.1, -0.05) is 17.7 Å². The van der Waals surface area contributed by atoms with E-state index < -0.39 is 5.97 Å². The first-order valence-electron chi connectivity index (χ1n) is 14.3. The average molecular weight is 578 g/mol. The molecule has 0 radical (unpaired) electrons. The number of benzene rings is 2. The Morgan fingerprint density at radius 3 is 2.56 bits per heavy atom. The highest BCUT2D eigenvalue weighted by molar-refractivity contribution is 7.14. The fourth-order valence-electron chi connectivity index (χ4n) is 6.10. The van der Waals surface area contributed by atoms with E-state index in [1.165, 1.54) is 0 Å². The molecule has 2 aromatic carbocycles. The molecule has 9 heteroatoms. The highest BCUT2D eigenvalue weighted by atomic mass is 32.1. The van der Waals surface area contributed by atoms with E-state index in [2.05, 4.69) is 23.3 Å². The Morgan fingerprint density at radius 2 is 1.88 bits per heavy atom. The van der Waals surface area contributed by atoms with Crippen molar-refractivity contribution in [1.82, 2.24) is 9.88 Å². The number of fused-ring (bicyclic) bond motifs is 2. The van der Waals surface area contributed by atoms with Gasteiger partial charge in [0.1, 0.15) is 12.4 Å². The van der Waals surface area contributed by atoms with Gasteiger partial charge in [0.25, 0.3) is 5.91 Å². The predicted octanol–water partition coefficient (Wildman–Crippen LogP) is 5.66. The van der Waals surface area contributed by atoms with Crippen LogP contribution in [0, 0.1) is 31.6 Å². The summed E-state index contributed by atoms with van der Waals surface area (Å²) < 4.78 is 11.7. The zero-order valence-corrected chi connectivity index (χ0v) is 25.1. The number of carboxylic acid groups (broad SMARTS) is 1. The number of hydrogen-bond donors (Lipinski definition) is 1. The van der Waals surface area contributed by atoms with Crippen LogP contribution in [0.4, 0.5) is 5.13 Å². The number of rotatable bonds is 11. The molecule has 5 rings (SSSR count). The molecular weight excluding hydrogens is 538 g/mol. The molecule has 1 aliphatic heterocycles. The van der Waals surface area contributed by atoms with Crippen molar-refractivity contribution < 1.29 is 24.2 Å². The van der Waals surface area contributed by atoms with Crippen molar-refractivity contribution in [3.8, 4) is 17.0 Å². The Balaban J connectivity index is 1.27. The number of aliphatic carboxylic acids is 1. The Morgan fingerprint density at radius 1 is 1.12 bits per heavy atom. The van der Waals surface area contributed by atoms with Gasteiger partial charge in [-0.25, -0.2) is 4.98 Å². The lowest BCUT2D eigenvalue weighted by molar-refractivity contribution is -0.144. The Hall–Kier alpha value is -3.43. The van der Waals surface area contributed by atoms with Gasteiger partial charge < -0.3 is 24.4 Å². The topological polar surface area (TPSA) is 92.2 Å². The van der Waals surface area contributed by atoms with Gasteiger partial charge in [-0.2, -0.15) is 0 Å². The zero-order valence-electron chi connectivity index (χ0n) is 24.3. The van der Waals surface area contributed by atoms with Crippen LogP contribution in [-0.2, 0) is 16.1 Å². The van der Waals surface area contributed by atoms with E-state index in [9.17, 15) is 14.7 Å². The Kier molecular flexibility index (Phi) is 8.94. The second-order valence-corrected chi connectivity index (χ2v) is 12.1. The van der Waals surface area contributed by atoms with Gasteiger partial charge in [-0.3, -0.25) is 9.59 Å². The minimum Gasteiger partial charge on any atom is -0.488 e. The van der Waals surface area contributed by atoms with Crippen molar-refractivity contribution in [2.24, 2.45) is 17.8 Å². The number of ether oxygens (including phenoxy) is 2. The normalized spacial score (nSPS) is 19.8. The molecule has 1 saturated heterocycles. The fourth-order valence-corrected chi connectivity index (χ4v) is 6.95. The largest absolute Gasteiger partial charge is 0.488 e. The first-order chi connectivity index (χ1) is 19.7. The second kappa shape index (κ2) is 12.6. The predicted molar refractivity (Wildman–Crippen MR) is 161 cm³/mol. The molecule has 1 aliphatic carbocycles. The molecule has 1 N–H and O–H groups in total. The molecule has 2 unspecified atom stereocenters. The summed E-state index contributed by atoms with van der Waals surface area (Å²) in [5.74, 6) is 0.237. The zero-order chi connectivity index (χ0) is 29.1.